The van der Waals surface area contributed by atoms with Gasteiger partial charge in [0, 0.05) is 24.1 Å². The number of aliphatic carboxylic acids is 1. The van der Waals surface area contributed by atoms with Crippen molar-refractivity contribution in [2.24, 2.45) is 5.92 Å². The van der Waals surface area contributed by atoms with Crippen LogP contribution in [0, 0.1) is 5.92 Å². The minimum atomic E-state index is -0.841. The Labute approximate surface area is 218 Å². The number of rotatable bonds is 6. The molecule has 1 saturated carbocycles. The predicted molar refractivity (Wildman–Crippen MR) is 144 cm³/mol. The number of methoxy groups -OCH3 is 1. The summed E-state index contributed by atoms with van der Waals surface area (Å²) in [5, 5.41) is 10.2. The second-order valence-corrected chi connectivity index (χ2v) is 10.6. The fourth-order valence-electron chi connectivity index (χ4n) is 6.40. The van der Waals surface area contributed by atoms with Gasteiger partial charge in [-0.3, -0.25) is 9.69 Å². The van der Waals surface area contributed by atoms with Gasteiger partial charge in [-0.15, -0.1) is 0 Å². The Morgan fingerprint density at radius 2 is 1.81 bits per heavy atom. The number of ether oxygens (including phenoxy) is 1. The van der Waals surface area contributed by atoms with E-state index >= 15 is 0 Å². The van der Waals surface area contributed by atoms with Crippen LogP contribution in [0.2, 0.25) is 0 Å². The molecule has 1 N–H and O–H groups in total. The number of anilines is 1. The fourth-order valence-corrected chi connectivity index (χ4v) is 6.40. The normalized spacial score (nSPS) is 22.5. The number of imidazole rings is 1. The van der Waals surface area contributed by atoms with Gasteiger partial charge in [0.25, 0.3) is 0 Å². The zero-order valence-corrected chi connectivity index (χ0v) is 22.0. The molecular formula is C30H37N3O4. The molecule has 7 heteroatoms. The summed E-state index contributed by atoms with van der Waals surface area (Å²) in [5.41, 5.74) is 4.63. The van der Waals surface area contributed by atoms with Crippen molar-refractivity contribution in [2.75, 3.05) is 12.0 Å². The third kappa shape index (κ3) is 4.72. The van der Waals surface area contributed by atoms with Crippen LogP contribution < -0.4 is 4.90 Å². The lowest BCUT2D eigenvalue weighted by atomic mass is 9.84. The summed E-state index contributed by atoms with van der Waals surface area (Å²) in [7, 11) is 1.41. The number of carbonyl (C=O) groups excluding carboxylic acids is 1. The van der Waals surface area contributed by atoms with Gasteiger partial charge in [0.05, 0.1) is 29.7 Å². The first-order chi connectivity index (χ1) is 17.9. The SMILES string of the molecule is CC[C@H]1CC[C@H](n2c(CC(C(=O)O)c3ccccc3)nc3c4c(ccc32)N(C(=O)OC)[C@@H](C)CC4)CC1. The van der Waals surface area contributed by atoms with E-state index < -0.39 is 11.9 Å². The Morgan fingerprint density at radius 3 is 2.46 bits per heavy atom. The molecule has 7 nitrogen and oxygen atoms in total. The molecule has 0 radical (unpaired) electrons. The van der Waals surface area contributed by atoms with Crippen LogP contribution in [-0.2, 0) is 22.4 Å². The molecule has 2 heterocycles. The first kappa shape index (κ1) is 25.3. The molecule has 0 spiro atoms. The molecule has 1 aliphatic carbocycles. The maximum atomic E-state index is 12.6. The van der Waals surface area contributed by atoms with Gasteiger partial charge in [0.1, 0.15) is 5.82 Å². The minimum Gasteiger partial charge on any atom is -0.481 e. The Bertz CT molecular complexity index is 1280. The van der Waals surface area contributed by atoms with Crippen LogP contribution in [0.1, 0.15) is 81.3 Å². The van der Waals surface area contributed by atoms with Gasteiger partial charge in [0.2, 0.25) is 0 Å². The Balaban J connectivity index is 1.63. The molecule has 5 rings (SSSR count). The average molecular weight is 504 g/mol. The van der Waals surface area contributed by atoms with E-state index in [2.05, 4.69) is 17.6 Å². The highest BCUT2D eigenvalue weighted by molar-refractivity contribution is 5.95. The number of hydrogen-bond donors (Lipinski definition) is 1. The number of fused-ring (bicyclic) bond motifs is 3. The average Bonchev–Trinajstić information content (AvgIpc) is 3.30. The molecular weight excluding hydrogens is 466 g/mol. The van der Waals surface area contributed by atoms with Crippen molar-refractivity contribution < 1.29 is 19.4 Å². The van der Waals surface area contributed by atoms with E-state index in [1.165, 1.54) is 26.4 Å². The summed E-state index contributed by atoms with van der Waals surface area (Å²) in [6, 6.07) is 13.9. The van der Waals surface area contributed by atoms with Crippen LogP contribution in [0.25, 0.3) is 11.0 Å². The maximum Gasteiger partial charge on any atom is 0.414 e. The second-order valence-electron chi connectivity index (χ2n) is 10.6. The Morgan fingerprint density at radius 1 is 1.08 bits per heavy atom. The second kappa shape index (κ2) is 10.6. The number of carboxylic acid groups (broad SMARTS) is 1. The number of hydrogen-bond acceptors (Lipinski definition) is 4. The number of aryl methyl sites for hydroxylation is 1. The smallest absolute Gasteiger partial charge is 0.414 e. The molecule has 0 saturated heterocycles. The molecule has 1 aliphatic heterocycles. The van der Waals surface area contributed by atoms with Crippen LogP contribution in [0.15, 0.2) is 42.5 Å². The topological polar surface area (TPSA) is 84.7 Å². The number of benzene rings is 2. The number of carbonyl (C=O) groups is 2. The Hall–Kier alpha value is -3.35. The van der Waals surface area contributed by atoms with E-state index in [0.717, 1.165) is 65.3 Å². The molecule has 3 aromatic rings. The largest absolute Gasteiger partial charge is 0.481 e. The maximum absolute atomic E-state index is 12.6. The summed E-state index contributed by atoms with van der Waals surface area (Å²) in [6.07, 6.45) is 7.32. The molecule has 2 aliphatic rings. The molecule has 1 unspecified atom stereocenters. The zero-order chi connectivity index (χ0) is 26.1. The molecule has 0 bridgehead atoms. The van der Waals surface area contributed by atoms with Crippen molar-refractivity contribution in [3.63, 3.8) is 0 Å². The van der Waals surface area contributed by atoms with Gasteiger partial charge in [-0.05, 0) is 69.1 Å². The molecule has 1 amide bonds. The van der Waals surface area contributed by atoms with Gasteiger partial charge >= 0.3 is 12.1 Å². The van der Waals surface area contributed by atoms with Crippen LogP contribution in [0.4, 0.5) is 10.5 Å². The number of nitrogens with zero attached hydrogens (tertiary/aromatic N) is 3. The van der Waals surface area contributed by atoms with Crippen LogP contribution in [0.3, 0.4) is 0 Å². The minimum absolute atomic E-state index is 0.0396. The van der Waals surface area contributed by atoms with Crippen molar-refractivity contribution in [3.05, 3.63) is 59.4 Å². The fraction of sp³-hybridized carbons (Fsp3) is 0.500. The molecule has 1 aromatic heterocycles. The van der Waals surface area contributed by atoms with Crippen molar-refractivity contribution in [3.8, 4) is 0 Å². The highest BCUT2D eigenvalue weighted by atomic mass is 16.5. The van der Waals surface area contributed by atoms with Crippen LogP contribution >= 0.6 is 0 Å². The lowest BCUT2D eigenvalue weighted by Crippen LogP contribution is -2.42. The van der Waals surface area contributed by atoms with Gasteiger partial charge in [0.15, 0.2) is 0 Å². The van der Waals surface area contributed by atoms with E-state index in [0.29, 0.717) is 12.5 Å². The summed E-state index contributed by atoms with van der Waals surface area (Å²) < 4.78 is 7.43. The molecule has 1 fully saturated rings. The van der Waals surface area contributed by atoms with Crippen LogP contribution in [-0.4, -0.2) is 39.9 Å². The van der Waals surface area contributed by atoms with E-state index in [4.69, 9.17) is 9.72 Å². The number of amides is 1. The van der Waals surface area contributed by atoms with Crippen LogP contribution in [0.5, 0.6) is 0 Å². The quantitative estimate of drug-likeness (QED) is 0.415. The first-order valence-corrected chi connectivity index (χ1v) is 13.6. The van der Waals surface area contributed by atoms with E-state index in [-0.39, 0.29) is 12.1 Å². The zero-order valence-electron chi connectivity index (χ0n) is 22.0. The molecule has 2 aromatic carbocycles. The summed E-state index contributed by atoms with van der Waals surface area (Å²) in [6.45, 7) is 4.30. The monoisotopic (exact) mass is 503 g/mol. The molecule has 196 valence electrons. The van der Waals surface area contributed by atoms with E-state index in [1.807, 2.05) is 43.3 Å². The molecule has 37 heavy (non-hydrogen) atoms. The number of aromatic nitrogens is 2. The van der Waals surface area contributed by atoms with Crippen molar-refractivity contribution >= 4 is 28.8 Å². The van der Waals surface area contributed by atoms with Crippen molar-refractivity contribution in [1.29, 1.82) is 0 Å². The highest BCUT2D eigenvalue weighted by Crippen LogP contribution is 2.41. The lowest BCUT2D eigenvalue weighted by Gasteiger charge is -2.34. The highest BCUT2D eigenvalue weighted by Gasteiger charge is 2.34. The summed E-state index contributed by atoms with van der Waals surface area (Å²) >= 11 is 0. The van der Waals surface area contributed by atoms with E-state index in [9.17, 15) is 14.7 Å². The summed E-state index contributed by atoms with van der Waals surface area (Å²) in [5.74, 6) is 0.0645. The third-order valence-corrected chi connectivity index (χ3v) is 8.54. The lowest BCUT2D eigenvalue weighted by molar-refractivity contribution is -0.138. The Kier molecular flexibility index (Phi) is 7.22. The standard InChI is InChI=1S/C30H37N3O4/c1-4-20-11-13-22(14-12-20)33-26-17-16-25-23(15-10-19(2)32(25)30(36)37-3)28(26)31-27(33)18-24(29(34)35)21-8-6-5-7-9-21/h5-9,16-17,19-20,22,24H,4,10-15,18H2,1-3H3,(H,34,35)/t19-,20-,22-,24?/m0/s1. The molecule has 2 atom stereocenters. The number of carboxylic acids is 1. The van der Waals surface area contributed by atoms with Crippen molar-refractivity contribution in [1.82, 2.24) is 9.55 Å². The predicted octanol–water partition coefficient (Wildman–Crippen LogP) is 6.50. The van der Waals surface area contributed by atoms with Gasteiger partial charge < -0.3 is 14.4 Å². The van der Waals surface area contributed by atoms with Crippen molar-refractivity contribution in [2.45, 2.75) is 83.2 Å². The van der Waals surface area contributed by atoms with Gasteiger partial charge in [-0.2, -0.15) is 0 Å². The van der Waals surface area contributed by atoms with E-state index in [1.54, 1.807) is 4.90 Å². The van der Waals surface area contributed by atoms with Gasteiger partial charge in [-0.25, -0.2) is 9.78 Å². The third-order valence-electron chi connectivity index (χ3n) is 8.54. The summed E-state index contributed by atoms with van der Waals surface area (Å²) in [4.78, 5) is 31.9. The van der Waals surface area contributed by atoms with Gasteiger partial charge in [-0.1, -0.05) is 43.7 Å². The first-order valence-electron chi connectivity index (χ1n) is 13.6.